The van der Waals surface area contributed by atoms with E-state index >= 15 is 0 Å². The van der Waals surface area contributed by atoms with Crippen molar-refractivity contribution in [2.75, 3.05) is 6.54 Å². The third kappa shape index (κ3) is 3.27. The van der Waals surface area contributed by atoms with E-state index in [0.29, 0.717) is 5.56 Å². The fourth-order valence-electron chi connectivity index (χ4n) is 1.91. The number of benzene rings is 1. The minimum atomic E-state index is -0.530. The highest BCUT2D eigenvalue weighted by molar-refractivity contribution is 5.97. The van der Waals surface area contributed by atoms with Crippen LogP contribution in [0.4, 0.5) is 0 Å². The average molecular weight is 272 g/mol. The van der Waals surface area contributed by atoms with Crippen LogP contribution in [0.15, 0.2) is 48.8 Å². The van der Waals surface area contributed by atoms with E-state index in [0.717, 1.165) is 5.69 Å². The number of rotatable bonds is 5. The molecule has 0 fully saturated rings. The van der Waals surface area contributed by atoms with Gasteiger partial charge in [0, 0.05) is 18.9 Å². The molecule has 0 bridgehead atoms. The number of amides is 1. The monoisotopic (exact) mass is 272 g/mol. The Morgan fingerprint density at radius 1 is 1.20 bits per heavy atom. The predicted octanol–water partition coefficient (Wildman–Crippen LogP) is 2.22. The summed E-state index contributed by atoms with van der Waals surface area (Å²) in [5.41, 5.74) is 1.42. The largest absolute Gasteiger partial charge is 0.391 e. The van der Waals surface area contributed by atoms with Crippen molar-refractivity contribution in [1.29, 1.82) is 0 Å². The molecular weight excluding hydrogens is 252 g/mol. The van der Waals surface area contributed by atoms with Gasteiger partial charge in [-0.05, 0) is 30.2 Å². The van der Waals surface area contributed by atoms with Crippen LogP contribution in [0.3, 0.4) is 0 Å². The van der Waals surface area contributed by atoms with Crippen molar-refractivity contribution in [3.63, 3.8) is 0 Å². The standard InChI is InChI=1S/C16H20N2O2/c1-12(2)15(19)11-17-16(20)13-7-3-4-8-14(13)18-9-5-6-10-18/h3-10,12,15,19H,11H2,1-2H3,(H,17,20). The Morgan fingerprint density at radius 3 is 2.50 bits per heavy atom. The van der Waals surface area contributed by atoms with Crippen LogP contribution < -0.4 is 5.32 Å². The van der Waals surface area contributed by atoms with Gasteiger partial charge in [-0.1, -0.05) is 26.0 Å². The maximum atomic E-state index is 12.3. The molecule has 2 aromatic rings. The van der Waals surface area contributed by atoms with Gasteiger partial charge in [0.15, 0.2) is 0 Å². The van der Waals surface area contributed by atoms with Crippen LogP contribution in [-0.4, -0.2) is 28.2 Å². The van der Waals surface area contributed by atoms with Crippen molar-refractivity contribution in [2.24, 2.45) is 5.92 Å². The first kappa shape index (κ1) is 14.3. The smallest absolute Gasteiger partial charge is 0.253 e. The molecule has 1 amide bonds. The van der Waals surface area contributed by atoms with Crippen LogP contribution in [0.1, 0.15) is 24.2 Å². The Balaban J connectivity index is 2.15. The lowest BCUT2D eigenvalue weighted by atomic mass is 10.1. The molecule has 0 spiro atoms. The molecule has 1 aromatic heterocycles. The van der Waals surface area contributed by atoms with Gasteiger partial charge < -0.3 is 15.0 Å². The second kappa shape index (κ2) is 6.39. The second-order valence-corrected chi connectivity index (χ2v) is 5.13. The minimum absolute atomic E-state index is 0.120. The number of hydrogen-bond donors (Lipinski definition) is 2. The van der Waals surface area contributed by atoms with Crippen molar-refractivity contribution < 1.29 is 9.90 Å². The van der Waals surface area contributed by atoms with Gasteiger partial charge in [0.1, 0.15) is 0 Å². The molecule has 1 aromatic carbocycles. The zero-order chi connectivity index (χ0) is 14.5. The first-order valence-electron chi connectivity index (χ1n) is 6.78. The molecule has 20 heavy (non-hydrogen) atoms. The maximum absolute atomic E-state index is 12.3. The van der Waals surface area contributed by atoms with Gasteiger partial charge in [0.2, 0.25) is 0 Å². The highest BCUT2D eigenvalue weighted by Crippen LogP contribution is 2.14. The van der Waals surface area contributed by atoms with E-state index in [2.05, 4.69) is 5.32 Å². The van der Waals surface area contributed by atoms with E-state index in [1.807, 2.05) is 61.1 Å². The zero-order valence-electron chi connectivity index (χ0n) is 11.8. The average Bonchev–Trinajstić information content (AvgIpc) is 2.98. The van der Waals surface area contributed by atoms with Crippen LogP contribution in [0, 0.1) is 5.92 Å². The molecule has 1 atom stereocenters. The fourth-order valence-corrected chi connectivity index (χ4v) is 1.91. The van der Waals surface area contributed by atoms with Crippen LogP contribution in [0.25, 0.3) is 5.69 Å². The Labute approximate surface area is 119 Å². The van der Waals surface area contributed by atoms with Gasteiger partial charge in [-0.25, -0.2) is 0 Å². The molecular formula is C16H20N2O2. The van der Waals surface area contributed by atoms with Crippen LogP contribution in [0.5, 0.6) is 0 Å². The molecule has 0 aliphatic heterocycles. The molecule has 0 saturated carbocycles. The molecule has 2 rings (SSSR count). The highest BCUT2D eigenvalue weighted by Gasteiger charge is 2.14. The number of aliphatic hydroxyl groups excluding tert-OH is 1. The van der Waals surface area contributed by atoms with E-state index in [-0.39, 0.29) is 18.4 Å². The van der Waals surface area contributed by atoms with E-state index in [4.69, 9.17) is 0 Å². The first-order chi connectivity index (χ1) is 9.59. The molecule has 0 aliphatic rings. The van der Waals surface area contributed by atoms with Gasteiger partial charge in [0.25, 0.3) is 5.91 Å². The van der Waals surface area contributed by atoms with E-state index in [9.17, 15) is 9.90 Å². The van der Waals surface area contributed by atoms with Crippen molar-refractivity contribution in [3.8, 4) is 5.69 Å². The Kier molecular flexibility index (Phi) is 4.58. The van der Waals surface area contributed by atoms with Crippen molar-refractivity contribution in [3.05, 3.63) is 54.4 Å². The van der Waals surface area contributed by atoms with Crippen molar-refractivity contribution in [1.82, 2.24) is 9.88 Å². The summed E-state index contributed by atoms with van der Waals surface area (Å²) in [4.78, 5) is 12.3. The van der Waals surface area contributed by atoms with Gasteiger partial charge >= 0.3 is 0 Å². The predicted molar refractivity (Wildman–Crippen MR) is 78.9 cm³/mol. The Morgan fingerprint density at radius 2 is 1.85 bits per heavy atom. The van der Waals surface area contributed by atoms with Gasteiger partial charge in [-0.2, -0.15) is 0 Å². The molecule has 4 heteroatoms. The normalized spacial score (nSPS) is 12.4. The number of hydrogen-bond acceptors (Lipinski definition) is 2. The zero-order valence-corrected chi connectivity index (χ0v) is 11.8. The summed E-state index contributed by atoms with van der Waals surface area (Å²) in [5.74, 6) is -0.0519. The lowest BCUT2D eigenvalue weighted by Gasteiger charge is -2.16. The number of nitrogens with zero attached hydrogens (tertiary/aromatic N) is 1. The van der Waals surface area contributed by atoms with Crippen LogP contribution in [-0.2, 0) is 0 Å². The summed E-state index contributed by atoms with van der Waals surface area (Å²) in [6, 6.07) is 11.2. The number of aliphatic hydroxyl groups is 1. The number of carbonyl (C=O) groups is 1. The molecule has 4 nitrogen and oxygen atoms in total. The third-order valence-corrected chi connectivity index (χ3v) is 3.27. The van der Waals surface area contributed by atoms with Crippen LogP contribution >= 0.6 is 0 Å². The summed E-state index contributed by atoms with van der Waals surface area (Å²) >= 11 is 0. The molecule has 106 valence electrons. The minimum Gasteiger partial charge on any atom is -0.391 e. The highest BCUT2D eigenvalue weighted by atomic mass is 16.3. The van der Waals surface area contributed by atoms with Crippen LogP contribution in [0.2, 0.25) is 0 Å². The summed E-state index contributed by atoms with van der Waals surface area (Å²) in [6.45, 7) is 4.10. The summed E-state index contributed by atoms with van der Waals surface area (Å²) in [5, 5.41) is 12.5. The SMILES string of the molecule is CC(C)C(O)CNC(=O)c1ccccc1-n1cccc1. The lowest BCUT2D eigenvalue weighted by Crippen LogP contribution is -2.35. The number of carbonyl (C=O) groups excluding carboxylic acids is 1. The second-order valence-electron chi connectivity index (χ2n) is 5.13. The Bertz CT molecular complexity index is 562. The molecule has 0 radical (unpaired) electrons. The van der Waals surface area contributed by atoms with Gasteiger partial charge in [-0.3, -0.25) is 4.79 Å². The lowest BCUT2D eigenvalue weighted by molar-refractivity contribution is 0.0871. The fraction of sp³-hybridized carbons (Fsp3) is 0.312. The molecule has 2 N–H and O–H groups in total. The van der Waals surface area contributed by atoms with E-state index in [1.54, 1.807) is 6.07 Å². The summed E-state index contributed by atoms with van der Waals surface area (Å²) in [6.07, 6.45) is 3.27. The maximum Gasteiger partial charge on any atom is 0.253 e. The third-order valence-electron chi connectivity index (χ3n) is 3.27. The number of aromatic nitrogens is 1. The molecule has 0 aliphatic carbocycles. The van der Waals surface area contributed by atoms with Gasteiger partial charge in [0.05, 0.1) is 17.4 Å². The Hall–Kier alpha value is -2.07. The van der Waals surface area contributed by atoms with E-state index in [1.165, 1.54) is 0 Å². The first-order valence-corrected chi connectivity index (χ1v) is 6.78. The van der Waals surface area contributed by atoms with Crippen molar-refractivity contribution in [2.45, 2.75) is 20.0 Å². The number of nitrogens with one attached hydrogen (secondary N) is 1. The van der Waals surface area contributed by atoms with E-state index < -0.39 is 6.10 Å². The number of para-hydroxylation sites is 1. The topological polar surface area (TPSA) is 54.3 Å². The molecule has 1 heterocycles. The van der Waals surface area contributed by atoms with Gasteiger partial charge in [-0.15, -0.1) is 0 Å². The summed E-state index contributed by atoms with van der Waals surface area (Å²) < 4.78 is 1.90. The molecule has 1 unspecified atom stereocenters. The quantitative estimate of drug-likeness (QED) is 0.877. The summed E-state index contributed by atoms with van der Waals surface area (Å²) in [7, 11) is 0. The van der Waals surface area contributed by atoms with Crippen molar-refractivity contribution >= 4 is 5.91 Å². The molecule has 0 saturated heterocycles.